The van der Waals surface area contributed by atoms with E-state index in [1.807, 2.05) is 0 Å². The predicted molar refractivity (Wildman–Crippen MR) is 66.9 cm³/mol. The van der Waals surface area contributed by atoms with Gasteiger partial charge < -0.3 is 0 Å². The molecule has 0 unspecified atom stereocenters. The van der Waals surface area contributed by atoms with Gasteiger partial charge in [-0.3, -0.25) is 0 Å². The number of hydrogen-bond donors (Lipinski definition) is 0. The lowest BCUT2D eigenvalue weighted by Gasteiger charge is -2.07. The highest BCUT2D eigenvalue weighted by molar-refractivity contribution is 5.85. The van der Waals surface area contributed by atoms with E-state index in [1.54, 1.807) is 0 Å². The van der Waals surface area contributed by atoms with E-state index in [4.69, 9.17) is 0 Å². The van der Waals surface area contributed by atoms with Crippen molar-refractivity contribution in [3.05, 3.63) is 53.9 Å². The summed E-state index contributed by atoms with van der Waals surface area (Å²) in [6, 6.07) is 15.2. The molecule has 0 aliphatic heterocycles. The van der Waals surface area contributed by atoms with Crippen molar-refractivity contribution >= 4 is 10.8 Å². The molecule has 0 atom stereocenters. The van der Waals surface area contributed by atoms with E-state index in [0.717, 1.165) is 6.42 Å². The number of aryl methyl sites for hydroxylation is 1. The van der Waals surface area contributed by atoms with Gasteiger partial charge >= 0.3 is 0 Å². The van der Waals surface area contributed by atoms with Crippen LogP contribution in [0.1, 0.15) is 25.8 Å². The van der Waals surface area contributed by atoms with Crippen LogP contribution in [0.3, 0.4) is 0 Å². The van der Waals surface area contributed by atoms with E-state index < -0.39 is 0 Å². The Bertz CT molecular complexity index is 435. The minimum absolute atomic E-state index is 1.16. The predicted octanol–water partition coefficient (Wildman–Crippen LogP) is 4.39. The molecule has 2 rings (SSSR count). The van der Waals surface area contributed by atoms with Crippen molar-refractivity contribution in [3.63, 3.8) is 0 Å². The van der Waals surface area contributed by atoms with Crippen LogP contribution in [0.5, 0.6) is 0 Å². The molecule has 0 aromatic heterocycles. The molecule has 2 aromatic rings. The van der Waals surface area contributed by atoms with Crippen molar-refractivity contribution in [3.8, 4) is 0 Å². The van der Waals surface area contributed by atoms with Crippen molar-refractivity contribution < 1.29 is 0 Å². The zero-order valence-electron chi connectivity index (χ0n) is 9.46. The second-order valence-corrected chi connectivity index (χ2v) is 4.35. The summed E-state index contributed by atoms with van der Waals surface area (Å²) >= 11 is 0. The third-order valence-electron chi connectivity index (χ3n) is 2.77. The molecule has 0 saturated heterocycles. The van der Waals surface area contributed by atoms with Gasteiger partial charge in [-0.1, -0.05) is 56.3 Å². The van der Waals surface area contributed by atoms with Gasteiger partial charge in [0.05, 0.1) is 0 Å². The lowest BCUT2D eigenvalue weighted by atomic mass is 9.97. The van der Waals surface area contributed by atoms with Crippen LogP contribution < -0.4 is 0 Å². The van der Waals surface area contributed by atoms with E-state index in [-0.39, 0.29) is 0 Å². The van der Waals surface area contributed by atoms with Gasteiger partial charge in [-0.25, -0.2) is 0 Å². The highest BCUT2D eigenvalue weighted by atomic mass is 14.1. The van der Waals surface area contributed by atoms with Gasteiger partial charge in [-0.15, -0.1) is 0 Å². The highest BCUT2D eigenvalue weighted by Crippen LogP contribution is 2.21. The first kappa shape index (κ1) is 10.2. The molecule has 15 heavy (non-hydrogen) atoms. The first-order valence-corrected chi connectivity index (χ1v) is 5.53. The molecule has 1 radical (unpaired) electrons. The maximum atomic E-state index is 2.24. The third kappa shape index (κ3) is 2.38. The van der Waals surface area contributed by atoms with Crippen LogP contribution in [-0.4, -0.2) is 0 Å². The van der Waals surface area contributed by atoms with Crippen molar-refractivity contribution in [1.82, 2.24) is 0 Å². The molecule has 0 amide bonds. The highest BCUT2D eigenvalue weighted by Gasteiger charge is 2.01. The minimum Gasteiger partial charge on any atom is -0.0616 e. The average molecular weight is 197 g/mol. The van der Waals surface area contributed by atoms with E-state index in [1.165, 1.54) is 28.7 Å². The SMILES string of the molecule is C[C](C)CCc1cccc2ccccc12. The van der Waals surface area contributed by atoms with Gasteiger partial charge in [-0.2, -0.15) is 0 Å². The van der Waals surface area contributed by atoms with E-state index in [0.29, 0.717) is 0 Å². The molecule has 77 valence electrons. The Labute approximate surface area is 91.9 Å². The molecule has 0 aliphatic carbocycles. The largest absolute Gasteiger partial charge is 0.0616 e. The normalized spacial score (nSPS) is 11.1. The Morgan fingerprint density at radius 1 is 0.933 bits per heavy atom. The molecule has 0 saturated carbocycles. The van der Waals surface area contributed by atoms with Crippen LogP contribution in [-0.2, 0) is 6.42 Å². The molecule has 0 fully saturated rings. The molecular weight excluding hydrogens is 180 g/mol. The van der Waals surface area contributed by atoms with Crippen LogP contribution >= 0.6 is 0 Å². The topological polar surface area (TPSA) is 0 Å². The lowest BCUT2D eigenvalue weighted by molar-refractivity contribution is 0.835. The van der Waals surface area contributed by atoms with Crippen molar-refractivity contribution in [2.45, 2.75) is 26.7 Å². The fraction of sp³-hybridized carbons (Fsp3) is 0.267. The van der Waals surface area contributed by atoms with E-state index >= 15 is 0 Å². The molecule has 0 spiro atoms. The summed E-state index contributed by atoms with van der Waals surface area (Å²) in [7, 11) is 0. The maximum absolute atomic E-state index is 2.24. The summed E-state index contributed by atoms with van der Waals surface area (Å²) in [5, 5.41) is 2.75. The Hall–Kier alpha value is -1.30. The van der Waals surface area contributed by atoms with Gasteiger partial charge in [-0.05, 0) is 35.1 Å². The van der Waals surface area contributed by atoms with E-state index in [9.17, 15) is 0 Å². The summed E-state index contributed by atoms with van der Waals surface area (Å²) in [4.78, 5) is 0. The number of hydrogen-bond acceptors (Lipinski definition) is 0. The van der Waals surface area contributed by atoms with Crippen LogP contribution in [0.4, 0.5) is 0 Å². The fourth-order valence-electron chi connectivity index (χ4n) is 1.90. The first-order valence-electron chi connectivity index (χ1n) is 5.53. The second kappa shape index (κ2) is 4.48. The molecule has 0 bridgehead atoms. The van der Waals surface area contributed by atoms with Crippen molar-refractivity contribution in [2.24, 2.45) is 0 Å². The van der Waals surface area contributed by atoms with Gasteiger partial charge in [0.2, 0.25) is 0 Å². The quantitative estimate of drug-likeness (QED) is 0.684. The van der Waals surface area contributed by atoms with E-state index in [2.05, 4.69) is 56.3 Å². The van der Waals surface area contributed by atoms with Gasteiger partial charge in [0.15, 0.2) is 0 Å². The Kier molecular flexibility index (Phi) is 3.05. The number of benzene rings is 2. The average Bonchev–Trinajstić information content (AvgIpc) is 2.26. The van der Waals surface area contributed by atoms with Crippen molar-refractivity contribution in [2.75, 3.05) is 0 Å². The van der Waals surface area contributed by atoms with Crippen LogP contribution in [0, 0.1) is 5.92 Å². The monoisotopic (exact) mass is 197 g/mol. The van der Waals surface area contributed by atoms with Crippen LogP contribution in [0.25, 0.3) is 10.8 Å². The third-order valence-corrected chi connectivity index (χ3v) is 2.77. The Morgan fingerprint density at radius 2 is 1.67 bits per heavy atom. The number of fused-ring (bicyclic) bond motifs is 1. The van der Waals surface area contributed by atoms with Gasteiger partial charge in [0.1, 0.15) is 0 Å². The summed E-state index contributed by atoms with van der Waals surface area (Å²) in [5.74, 6) is 1.50. The Balaban J connectivity index is 2.34. The molecule has 0 heteroatoms. The summed E-state index contributed by atoms with van der Waals surface area (Å²) in [5.41, 5.74) is 1.47. The second-order valence-electron chi connectivity index (χ2n) is 4.35. The zero-order valence-corrected chi connectivity index (χ0v) is 9.46. The summed E-state index contributed by atoms with van der Waals surface area (Å²) < 4.78 is 0. The van der Waals surface area contributed by atoms with Crippen LogP contribution in [0.15, 0.2) is 42.5 Å². The van der Waals surface area contributed by atoms with Gasteiger partial charge in [0, 0.05) is 0 Å². The molecule has 0 aliphatic rings. The smallest absolute Gasteiger partial charge is 0.0152 e. The van der Waals surface area contributed by atoms with Crippen LogP contribution in [0.2, 0.25) is 0 Å². The van der Waals surface area contributed by atoms with Crippen molar-refractivity contribution in [1.29, 1.82) is 0 Å². The molecule has 0 heterocycles. The Morgan fingerprint density at radius 3 is 2.47 bits per heavy atom. The zero-order chi connectivity index (χ0) is 10.7. The summed E-state index contributed by atoms with van der Waals surface area (Å²) in [6.45, 7) is 4.40. The molecule has 0 N–H and O–H groups in total. The lowest BCUT2D eigenvalue weighted by Crippen LogP contribution is -1.91. The molecular formula is C15H17. The summed E-state index contributed by atoms with van der Waals surface area (Å²) in [6.07, 6.45) is 2.34. The minimum atomic E-state index is 1.16. The first-order chi connectivity index (χ1) is 7.27. The molecule has 0 nitrogen and oxygen atoms in total. The number of rotatable bonds is 3. The standard InChI is InChI=1S/C15H17/c1-12(2)10-11-14-8-5-7-13-6-3-4-9-15(13)14/h3-9H,10-11H2,1-2H3. The molecule has 2 aromatic carbocycles. The fourth-order valence-corrected chi connectivity index (χ4v) is 1.90. The van der Waals surface area contributed by atoms with Gasteiger partial charge in [0.25, 0.3) is 0 Å². The maximum Gasteiger partial charge on any atom is -0.0152 e.